The van der Waals surface area contributed by atoms with E-state index in [-0.39, 0.29) is 0 Å². The summed E-state index contributed by atoms with van der Waals surface area (Å²) in [7, 11) is 0. The van der Waals surface area contributed by atoms with Crippen LogP contribution in [0.4, 0.5) is 74.6 Å². The number of halogens is 17. The predicted octanol–water partition coefficient (Wildman–Crippen LogP) is 7.75. The van der Waals surface area contributed by atoms with Gasteiger partial charge in [-0.05, 0) is 23.9 Å². The first kappa shape index (κ1) is 28.4. The van der Waals surface area contributed by atoms with Crippen LogP contribution < -0.4 is 0 Å². The third-order valence-electron chi connectivity index (χ3n) is 3.68. The molecule has 0 aliphatic heterocycles. The lowest BCUT2D eigenvalue weighted by Gasteiger charge is -2.42. The summed E-state index contributed by atoms with van der Waals surface area (Å²) in [6, 6.07) is 3.75. The molecule has 0 aliphatic rings. The van der Waals surface area contributed by atoms with Crippen molar-refractivity contribution in [3.8, 4) is 0 Å². The van der Waals surface area contributed by atoms with E-state index in [1.165, 1.54) is 0 Å². The van der Waals surface area contributed by atoms with E-state index in [1.54, 1.807) is 0 Å². The molecule has 0 heterocycles. The van der Waals surface area contributed by atoms with Crippen molar-refractivity contribution in [3.63, 3.8) is 0 Å². The Labute approximate surface area is 169 Å². The average molecular weight is 528 g/mol. The number of thioether (sulfide) groups is 1. The van der Waals surface area contributed by atoms with Crippen LogP contribution in [0.3, 0.4) is 0 Å². The van der Waals surface area contributed by atoms with Gasteiger partial charge in [0.1, 0.15) is 0 Å². The Balaban J connectivity index is 3.58. The summed E-state index contributed by atoms with van der Waals surface area (Å²) in [4.78, 5) is -1.06. The number of hydrogen-bond acceptors (Lipinski definition) is 1. The summed E-state index contributed by atoms with van der Waals surface area (Å²) >= 11 is -1.63. The van der Waals surface area contributed by atoms with Crippen LogP contribution in [0.2, 0.25) is 0 Å². The van der Waals surface area contributed by atoms with Crippen molar-refractivity contribution in [2.24, 2.45) is 0 Å². The third-order valence-corrected chi connectivity index (χ3v) is 4.70. The Morgan fingerprint density at radius 1 is 0.406 bits per heavy atom. The summed E-state index contributed by atoms with van der Waals surface area (Å²) in [6.07, 6.45) is -7.76. The maximum absolute atomic E-state index is 13.7. The van der Waals surface area contributed by atoms with Crippen molar-refractivity contribution in [1.82, 2.24) is 0 Å². The van der Waals surface area contributed by atoms with Crippen LogP contribution in [0, 0.1) is 0 Å². The van der Waals surface area contributed by atoms with Crippen molar-refractivity contribution in [2.45, 2.75) is 51.9 Å². The second-order valence-electron chi connectivity index (χ2n) is 5.88. The lowest BCUT2D eigenvalue weighted by Crippen LogP contribution is -2.74. The van der Waals surface area contributed by atoms with Gasteiger partial charge in [-0.25, -0.2) is 0 Å². The molecular formula is C14H5F17S. The van der Waals surface area contributed by atoms with Crippen molar-refractivity contribution in [3.05, 3.63) is 30.3 Å². The first-order valence-corrected chi connectivity index (χ1v) is 8.10. The van der Waals surface area contributed by atoms with E-state index in [9.17, 15) is 74.6 Å². The fourth-order valence-electron chi connectivity index (χ4n) is 1.85. The van der Waals surface area contributed by atoms with Crippen LogP contribution in [0.25, 0.3) is 0 Å². The fraction of sp³-hybridized carbons (Fsp3) is 0.571. The molecule has 0 N–H and O–H groups in total. The molecule has 0 saturated heterocycles. The zero-order valence-electron chi connectivity index (χ0n) is 14.2. The van der Waals surface area contributed by atoms with Crippen LogP contribution in [0.1, 0.15) is 0 Å². The molecule has 1 rings (SSSR count). The molecule has 0 aliphatic carbocycles. The monoisotopic (exact) mass is 528 g/mol. The molecule has 1 aromatic rings. The van der Waals surface area contributed by atoms with Crippen LogP contribution in [-0.2, 0) is 0 Å². The summed E-state index contributed by atoms with van der Waals surface area (Å²) in [5.74, 6) is -49.8. The van der Waals surface area contributed by atoms with Crippen LogP contribution in [-0.4, -0.2) is 47.0 Å². The molecule has 0 radical (unpaired) electrons. The molecule has 0 aromatic heterocycles. The van der Waals surface area contributed by atoms with E-state index < -0.39 is 63.6 Å². The molecule has 0 amide bonds. The Bertz CT molecular complexity index is 795. The van der Waals surface area contributed by atoms with Gasteiger partial charge in [-0.3, -0.25) is 0 Å². The Morgan fingerprint density at radius 2 is 0.719 bits per heavy atom. The van der Waals surface area contributed by atoms with Gasteiger partial charge < -0.3 is 0 Å². The number of benzene rings is 1. The molecule has 18 heteroatoms. The molecule has 0 saturated carbocycles. The molecule has 186 valence electrons. The lowest BCUT2D eigenvalue weighted by molar-refractivity contribution is -0.458. The average Bonchev–Trinajstić information content (AvgIpc) is 2.60. The van der Waals surface area contributed by atoms with Crippen molar-refractivity contribution < 1.29 is 74.6 Å². The zero-order chi connectivity index (χ0) is 25.8. The predicted molar refractivity (Wildman–Crippen MR) is 73.0 cm³/mol. The van der Waals surface area contributed by atoms with Gasteiger partial charge in [0.2, 0.25) is 0 Å². The van der Waals surface area contributed by atoms with Gasteiger partial charge in [0.05, 0.1) is 0 Å². The summed E-state index contributed by atoms with van der Waals surface area (Å²) in [5, 5.41) is -6.49. The van der Waals surface area contributed by atoms with Gasteiger partial charge in [0.25, 0.3) is 0 Å². The second kappa shape index (κ2) is 7.72. The highest BCUT2D eigenvalue weighted by molar-refractivity contribution is 8.00. The van der Waals surface area contributed by atoms with Crippen molar-refractivity contribution in [1.29, 1.82) is 0 Å². The van der Waals surface area contributed by atoms with Crippen LogP contribution >= 0.6 is 11.8 Å². The molecular weight excluding hydrogens is 523 g/mol. The van der Waals surface area contributed by atoms with Crippen molar-refractivity contribution >= 4 is 11.8 Å². The summed E-state index contributed by atoms with van der Waals surface area (Å²) in [5.41, 5.74) is 0. The number of hydrogen-bond donors (Lipinski definition) is 0. The molecule has 0 unspecified atom stereocenters. The smallest absolute Gasteiger partial charge is 0.192 e. The highest BCUT2D eigenvalue weighted by Crippen LogP contribution is 2.65. The summed E-state index contributed by atoms with van der Waals surface area (Å²) < 4.78 is 222. The summed E-state index contributed by atoms with van der Waals surface area (Å²) in [6.45, 7) is 0. The quantitative estimate of drug-likeness (QED) is 0.246. The Kier molecular flexibility index (Phi) is 6.85. The lowest BCUT2D eigenvalue weighted by atomic mass is 9.91. The standard InChI is InChI=1S/C14H5F17S/c15-7(16,9(19,20)11(23,24)13(27,28)29)8(17,18)10(21,22)12(25,26)14(30,31)32-6-4-2-1-3-5-6/h1-5H. The maximum Gasteiger partial charge on any atom is 0.460 e. The van der Waals surface area contributed by atoms with E-state index in [0.29, 0.717) is 12.1 Å². The molecule has 1 aromatic carbocycles. The minimum absolute atomic E-state index is 0.511. The SMILES string of the molecule is FC(F)(F)C(F)(F)C(F)(F)C(F)(F)C(F)(F)C(F)(F)C(F)(F)C(F)(F)Sc1ccccc1. The fourth-order valence-corrected chi connectivity index (χ4v) is 2.70. The van der Waals surface area contributed by atoms with E-state index >= 15 is 0 Å². The molecule has 0 nitrogen and oxygen atoms in total. The highest BCUT2D eigenvalue weighted by Gasteiger charge is 2.95. The Hall–Kier alpha value is -1.62. The third kappa shape index (κ3) is 3.85. The topological polar surface area (TPSA) is 0 Å². The largest absolute Gasteiger partial charge is 0.460 e. The normalized spacial score (nSPS) is 15.8. The second-order valence-corrected chi connectivity index (χ2v) is 7.06. The number of alkyl halides is 17. The molecule has 0 atom stereocenters. The van der Waals surface area contributed by atoms with E-state index in [1.807, 2.05) is 0 Å². The molecule has 0 spiro atoms. The minimum atomic E-state index is -8.61. The van der Waals surface area contributed by atoms with Crippen LogP contribution in [0.5, 0.6) is 0 Å². The molecule has 0 bridgehead atoms. The van der Waals surface area contributed by atoms with Gasteiger partial charge in [-0.2, -0.15) is 74.6 Å². The zero-order valence-corrected chi connectivity index (χ0v) is 15.0. The number of rotatable bonds is 8. The van der Waals surface area contributed by atoms with E-state index in [0.717, 1.165) is 18.2 Å². The van der Waals surface area contributed by atoms with Gasteiger partial charge in [0.15, 0.2) is 0 Å². The Morgan fingerprint density at radius 3 is 1.06 bits per heavy atom. The first-order chi connectivity index (χ1) is 13.8. The highest BCUT2D eigenvalue weighted by atomic mass is 32.2. The van der Waals surface area contributed by atoms with E-state index in [2.05, 4.69) is 0 Å². The minimum Gasteiger partial charge on any atom is -0.192 e. The molecule has 0 fully saturated rings. The first-order valence-electron chi connectivity index (χ1n) is 7.28. The van der Waals surface area contributed by atoms with Gasteiger partial charge in [-0.1, -0.05) is 18.2 Å². The maximum atomic E-state index is 13.7. The van der Waals surface area contributed by atoms with Gasteiger partial charge >= 0.3 is 47.0 Å². The van der Waals surface area contributed by atoms with Gasteiger partial charge in [-0.15, -0.1) is 0 Å². The molecule has 32 heavy (non-hydrogen) atoms. The van der Waals surface area contributed by atoms with Gasteiger partial charge in [0, 0.05) is 4.90 Å². The van der Waals surface area contributed by atoms with Crippen LogP contribution in [0.15, 0.2) is 35.2 Å². The van der Waals surface area contributed by atoms with Crippen molar-refractivity contribution in [2.75, 3.05) is 0 Å². The van der Waals surface area contributed by atoms with E-state index in [4.69, 9.17) is 0 Å².